The molecule has 0 aliphatic carbocycles. The molecule has 2 nitrogen and oxygen atoms in total. The summed E-state index contributed by atoms with van der Waals surface area (Å²) in [6, 6.07) is 18.9. The molecule has 21 heavy (non-hydrogen) atoms. The predicted octanol–water partition coefficient (Wildman–Crippen LogP) is 3.97. The van der Waals surface area contributed by atoms with Crippen molar-refractivity contribution in [2.24, 2.45) is 0 Å². The lowest BCUT2D eigenvalue weighted by Gasteiger charge is -2.29. The van der Waals surface area contributed by atoms with Gasteiger partial charge < -0.3 is 10.4 Å². The molecular formula is C18H21NOS. The Balaban J connectivity index is 1.85. The first-order valence-electron chi connectivity index (χ1n) is 7.50. The predicted molar refractivity (Wildman–Crippen MR) is 89.9 cm³/mol. The number of phenols is 1. The topological polar surface area (TPSA) is 32.3 Å². The molecule has 2 aromatic carbocycles. The highest BCUT2D eigenvalue weighted by atomic mass is 32.2. The van der Waals surface area contributed by atoms with Crippen molar-refractivity contribution in [3.63, 3.8) is 0 Å². The van der Waals surface area contributed by atoms with Crippen molar-refractivity contribution in [2.75, 3.05) is 11.5 Å². The molecule has 0 amide bonds. The summed E-state index contributed by atoms with van der Waals surface area (Å²) in [4.78, 5) is 0. The van der Waals surface area contributed by atoms with Gasteiger partial charge in [0.25, 0.3) is 0 Å². The largest absolute Gasteiger partial charge is 0.508 e. The van der Waals surface area contributed by atoms with E-state index in [1.165, 1.54) is 35.5 Å². The molecule has 2 N–H and O–H groups in total. The van der Waals surface area contributed by atoms with Crippen molar-refractivity contribution in [3.8, 4) is 5.75 Å². The average Bonchev–Trinajstić information content (AvgIpc) is 2.55. The van der Waals surface area contributed by atoms with E-state index in [1.807, 2.05) is 23.9 Å². The fraction of sp³-hybridized carbons (Fsp3) is 0.333. The second-order valence-electron chi connectivity index (χ2n) is 5.49. The molecule has 1 unspecified atom stereocenters. The fourth-order valence-corrected chi connectivity index (χ4v) is 3.90. The summed E-state index contributed by atoms with van der Waals surface area (Å²) in [5.41, 5.74) is 2.48. The van der Waals surface area contributed by atoms with E-state index >= 15 is 0 Å². The highest BCUT2D eigenvalue weighted by Gasteiger charge is 2.20. The number of thioether (sulfide) groups is 1. The average molecular weight is 299 g/mol. The summed E-state index contributed by atoms with van der Waals surface area (Å²) in [5.74, 6) is 2.81. The van der Waals surface area contributed by atoms with Crippen LogP contribution < -0.4 is 5.32 Å². The number of hydrogen-bond donors (Lipinski definition) is 2. The Hall–Kier alpha value is -1.45. The summed E-state index contributed by atoms with van der Waals surface area (Å²) in [6.07, 6.45) is 2.46. The summed E-state index contributed by atoms with van der Waals surface area (Å²) in [5, 5.41) is 13.3. The fourth-order valence-electron chi connectivity index (χ4n) is 2.80. The highest BCUT2D eigenvalue weighted by molar-refractivity contribution is 7.99. The smallest absolute Gasteiger partial charge is 0.115 e. The summed E-state index contributed by atoms with van der Waals surface area (Å²) < 4.78 is 0. The Morgan fingerprint density at radius 1 is 0.905 bits per heavy atom. The third-order valence-electron chi connectivity index (χ3n) is 3.98. The van der Waals surface area contributed by atoms with Crippen molar-refractivity contribution < 1.29 is 5.11 Å². The van der Waals surface area contributed by atoms with E-state index in [2.05, 4.69) is 35.6 Å². The zero-order valence-corrected chi connectivity index (χ0v) is 12.9. The third-order valence-corrected chi connectivity index (χ3v) is 5.03. The Kier molecular flexibility index (Phi) is 4.84. The third kappa shape index (κ3) is 3.80. The SMILES string of the molecule is Oc1ccc(C(NC2CCSCC2)c2ccccc2)cc1. The summed E-state index contributed by atoms with van der Waals surface area (Å²) in [7, 11) is 0. The second-order valence-corrected chi connectivity index (χ2v) is 6.71. The zero-order chi connectivity index (χ0) is 14.5. The van der Waals surface area contributed by atoms with Crippen LogP contribution in [0.4, 0.5) is 0 Å². The van der Waals surface area contributed by atoms with Gasteiger partial charge in [0.15, 0.2) is 0 Å². The van der Waals surface area contributed by atoms with Crippen LogP contribution in [0.3, 0.4) is 0 Å². The lowest BCUT2D eigenvalue weighted by Crippen LogP contribution is -2.36. The van der Waals surface area contributed by atoms with E-state index in [-0.39, 0.29) is 6.04 Å². The minimum atomic E-state index is 0.194. The first kappa shape index (κ1) is 14.5. The number of hydrogen-bond acceptors (Lipinski definition) is 3. The molecule has 1 saturated heterocycles. The van der Waals surface area contributed by atoms with Crippen LogP contribution in [0.2, 0.25) is 0 Å². The van der Waals surface area contributed by atoms with E-state index in [0.29, 0.717) is 11.8 Å². The van der Waals surface area contributed by atoms with E-state index in [1.54, 1.807) is 12.1 Å². The lowest BCUT2D eigenvalue weighted by molar-refractivity contribution is 0.444. The maximum atomic E-state index is 9.51. The molecule has 1 fully saturated rings. The van der Waals surface area contributed by atoms with E-state index < -0.39 is 0 Å². The van der Waals surface area contributed by atoms with Gasteiger partial charge in [-0.1, -0.05) is 42.5 Å². The molecule has 1 aliphatic rings. The van der Waals surface area contributed by atoms with Crippen LogP contribution in [-0.2, 0) is 0 Å². The molecule has 0 aromatic heterocycles. The molecule has 1 atom stereocenters. The first-order chi connectivity index (χ1) is 10.3. The van der Waals surface area contributed by atoms with Crippen molar-refractivity contribution in [1.29, 1.82) is 0 Å². The molecule has 3 rings (SSSR count). The molecule has 0 radical (unpaired) electrons. The lowest BCUT2D eigenvalue weighted by atomic mass is 9.96. The van der Waals surface area contributed by atoms with E-state index in [9.17, 15) is 5.11 Å². The summed E-state index contributed by atoms with van der Waals surface area (Å²) >= 11 is 2.05. The number of aromatic hydroxyl groups is 1. The van der Waals surface area contributed by atoms with Gasteiger partial charge in [0, 0.05) is 6.04 Å². The molecule has 1 heterocycles. The molecule has 0 saturated carbocycles. The van der Waals surface area contributed by atoms with Gasteiger partial charge in [0.2, 0.25) is 0 Å². The van der Waals surface area contributed by atoms with Gasteiger partial charge in [-0.25, -0.2) is 0 Å². The number of nitrogens with one attached hydrogen (secondary N) is 1. The molecule has 0 spiro atoms. The van der Waals surface area contributed by atoms with Gasteiger partial charge in [-0.05, 0) is 47.6 Å². The standard InChI is InChI=1S/C18H21NOS/c20-17-8-6-15(7-9-17)18(14-4-2-1-3-5-14)19-16-10-12-21-13-11-16/h1-9,16,18-20H,10-13H2. The van der Waals surface area contributed by atoms with Gasteiger partial charge in [-0.15, -0.1) is 0 Å². The Morgan fingerprint density at radius 3 is 2.19 bits per heavy atom. The number of benzene rings is 2. The minimum absolute atomic E-state index is 0.194. The van der Waals surface area contributed by atoms with Crippen molar-refractivity contribution in [3.05, 3.63) is 65.7 Å². The van der Waals surface area contributed by atoms with Crippen LogP contribution in [0, 0.1) is 0 Å². The molecule has 110 valence electrons. The number of rotatable bonds is 4. The molecule has 0 bridgehead atoms. The van der Waals surface area contributed by atoms with Gasteiger partial charge in [0.1, 0.15) is 5.75 Å². The van der Waals surface area contributed by atoms with E-state index in [0.717, 1.165) is 0 Å². The molecule has 3 heteroatoms. The van der Waals surface area contributed by atoms with Crippen LogP contribution in [0.25, 0.3) is 0 Å². The normalized spacial score (nSPS) is 17.5. The van der Waals surface area contributed by atoms with E-state index in [4.69, 9.17) is 0 Å². The Bertz CT molecular complexity index is 549. The highest BCUT2D eigenvalue weighted by Crippen LogP contribution is 2.27. The van der Waals surface area contributed by atoms with Crippen molar-refractivity contribution in [1.82, 2.24) is 5.32 Å². The van der Waals surface area contributed by atoms with Crippen LogP contribution in [-0.4, -0.2) is 22.7 Å². The van der Waals surface area contributed by atoms with Gasteiger partial charge in [0.05, 0.1) is 6.04 Å². The number of phenolic OH excluding ortho intramolecular Hbond substituents is 1. The van der Waals surface area contributed by atoms with Gasteiger partial charge in [-0.3, -0.25) is 0 Å². The first-order valence-corrected chi connectivity index (χ1v) is 8.66. The molecule has 2 aromatic rings. The van der Waals surface area contributed by atoms with Crippen molar-refractivity contribution in [2.45, 2.75) is 24.9 Å². The van der Waals surface area contributed by atoms with Crippen LogP contribution in [0.1, 0.15) is 30.0 Å². The van der Waals surface area contributed by atoms with Crippen LogP contribution in [0.15, 0.2) is 54.6 Å². The van der Waals surface area contributed by atoms with Crippen LogP contribution >= 0.6 is 11.8 Å². The second kappa shape index (κ2) is 7.01. The minimum Gasteiger partial charge on any atom is -0.508 e. The van der Waals surface area contributed by atoms with Gasteiger partial charge >= 0.3 is 0 Å². The van der Waals surface area contributed by atoms with Crippen LogP contribution in [0.5, 0.6) is 5.75 Å². The van der Waals surface area contributed by atoms with Crippen molar-refractivity contribution >= 4 is 11.8 Å². The molecular weight excluding hydrogens is 278 g/mol. The Morgan fingerprint density at radius 2 is 1.52 bits per heavy atom. The zero-order valence-electron chi connectivity index (χ0n) is 12.0. The quantitative estimate of drug-likeness (QED) is 0.896. The Labute approximate surface area is 130 Å². The monoisotopic (exact) mass is 299 g/mol. The van der Waals surface area contributed by atoms with Gasteiger partial charge in [-0.2, -0.15) is 11.8 Å². The molecule has 1 aliphatic heterocycles. The summed E-state index contributed by atoms with van der Waals surface area (Å²) in [6.45, 7) is 0. The maximum absolute atomic E-state index is 9.51. The maximum Gasteiger partial charge on any atom is 0.115 e.